The highest BCUT2D eigenvalue weighted by Gasteiger charge is 2.56. The summed E-state index contributed by atoms with van der Waals surface area (Å²) in [6.07, 6.45) is -2.99. The summed E-state index contributed by atoms with van der Waals surface area (Å²) in [5.41, 5.74) is 0. The average molecular weight is 975 g/mol. The molecule has 1 aliphatic carbocycles. The molecule has 0 heterocycles. The van der Waals surface area contributed by atoms with E-state index in [4.69, 9.17) is 18.5 Å². The number of phosphoric acid groups is 3. The minimum atomic E-state index is -5.63. The van der Waals surface area contributed by atoms with Crippen LogP contribution < -0.4 is 0 Å². The minimum absolute atomic E-state index is 0. The molecule has 1 fully saturated rings. The van der Waals surface area contributed by atoms with Crippen LogP contribution in [0.4, 0.5) is 0 Å². The number of carbonyl (C=O) groups excluding carboxylic acids is 2. The normalized spacial score (nSPS) is 20.5. The predicted octanol–water partition coefficient (Wildman–Crippen LogP) is 5.34. The summed E-state index contributed by atoms with van der Waals surface area (Å²) in [6.45, 7) is 1.99. The molecule has 19 nitrogen and oxygen atoms in total. The molecule has 4 unspecified atom stereocenters. The second-order valence-corrected chi connectivity index (χ2v) is 17.0. The van der Waals surface area contributed by atoms with Crippen LogP contribution in [-0.4, -0.2) is 108 Å². The monoisotopic (exact) mass is 974 g/mol. The van der Waals surface area contributed by atoms with Crippen molar-refractivity contribution < 1.29 is 106 Å². The summed E-state index contributed by atoms with van der Waals surface area (Å²) in [6, 6.07) is 0. The van der Waals surface area contributed by atoms with Crippen LogP contribution in [0.25, 0.3) is 0 Å². The molecular weight excluding hydrogens is 897 g/mol. The van der Waals surface area contributed by atoms with Gasteiger partial charge in [-0.15, -0.1) is 0 Å². The largest absolute Gasteiger partial charge is 0.472 e. The number of hydrogen-bond donors (Lipinski definition) is 8. The van der Waals surface area contributed by atoms with E-state index in [0.717, 1.165) is 25.7 Å². The van der Waals surface area contributed by atoms with E-state index in [9.17, 15) is 63.1 Å². The molecule has 0 radical (unpaired) electrons. The molecule has 1 aliphatic rings. The highest BCUT2D eigenvalue weighted by molar-refractivity contribution is 7.59. The molecule has 23 heteroatoms. The maximum absolute atomic E-state index is 13.0. The number of unbranched alkanes of at least 4 members (excludes halogenated alkanes) is 12. The lowest BCUT2D eigenvalue weighted by atomic mass is 9.85. The number of esters is 2. The third kappa shape index (κ3) is 28.5. The fraction of sp³-hybridized carbons (Fsp3) is 0.641. The van der Waals surface area contributed by atoms with Crippen molar-refractivity contribution in [3.63, 3.8) is 0 Å². The maximum Gasteiger partial charge on any atom is 0.472 e. The highest BCUT2D eigenvalue weighted by Crippen LogP contribution is 2.51. The van der Waals surface area contributed by atoms with Gasteiger partial charge in [0, 0.05) is 28.0 Å². The molecule has 1 rings (SSSR count). The van der Waals surface area contributed by atoms with Crippen molar-refractivity contribution in [1.29, 1.82) is 0 Å². The van der Waals surface area contributed by atoms with Gasteiger partial charge in [0.1, 0.15) is 43.2 Å². The van der Waals surface area contributed by atoms with Crippen LogP contribution in [0.5, 0.6) is 0 Å². The van der Waals surface area contributed by atoms with E-state index >= 15 is 0 Å². The Balaban J connectivity index is -0.000000310. The molecule has 0 saturated heterocycles. The zero-order chi connectivity index (χ0) is 45.7. The first-order valence-electron chi connectivity index (χ1n) is 19.3. The van der Waals surface area contributed by atoms with Crippen molar-refractivity contribution in [2.75, 3.05) is 13.2 Å². The van der Waals surface area contributed by atoms with Crippen LogP contribution in [0, 0.1) is 71.0 Å². The highest BCUT2D eigenvalue weighted by atomic mass is 32.1. The predicted molar refractivity (Wildman–Crippen MR) is 250 cm³/mol. The van der Waals surface area contributed by atoms with E-state index < -0.39 is 91.3 Å². The molecular formula is C39H77O19P3S. The van der Waals surface area contributed by atoms with E-state index in [1.807, 2.05) is 5.92 Å². The van der Waals surface area contributed by atoms with Crippen molar-refractivity contribution in [3.8, 4) is 71.0 Å². The number of aliphatic hydroxyl groups is 3. The Labute approximate surface area is 385 Å². The lowest BCUT2D eigenvalue weighted by Crippen LogP contribution is -2.65. The van der Waals surface area contributed by atoms with Gasteiger partial charge >= 0.3 is 35.4 Å². The Bertz CT molecular complexity index is 1980. The summed E-state index contributed by atoms with van der Waals surface area (Å²) in [7, 11) is -16.7. The fourth-order valence-corrected chi connectivity index (χ4v) is 7.56. The van der Waals surface area contributed by atoms with Gasteiger partial charge in [0.05, 0.1) is 6.61 Å². The van der Waals surface area contributed by atoms with Crippen molar-refractivity contribution in [2.45, 2.75) is 146 Å². The molecule has 62 heavy (non-hydrogen) atoms. The Kier molecular flexibility index (Phi) is 30.9. The molecule has 0 aromatic heterocycles. The van der Waals surface area contributed by atoms with E-state index in [1.165, 1.54) is 44.9 Å². The van der Waals surface area contributed by atoms with E-state index in [0.29, 0.717) is 12.8 Å². The van der Waals surface area contributed by atoms with E-state index in [1.54, 1.807) is 6.92 Å². The summed E-state index contributed by atoms with van der Waals surface area (Å²) in [4.78, 5) is 72.3. The van der Waals surface area contributed by atoms with Crippen molar-refractivity contribution in [3.05, 3.63) is 0 Å². The molecule has 0 aliphatic heterocycles. The zero-order valence-electron chi connectivity index (χ0n) is 34.3. The molecule has 8 atom stereocenters. The number of aliphatic hydroxyl groups excluding tert-OH is 3. The van der Waals surface area contributed by atoms with Gasteiger partial charge in [-0.05, 0) is 72.5 Å². The summed E-state index contributed by atoms with van der Waals surface area (Å²) in [5, 5.41) is 31.7. The van der Waals surface area contributed by atoms with Crippen LogP contribution in [0.1, 0.15) is 119 Å². The first-order chi connectivity index (χ1) is 28.8. The molecule has 0 spiro atoms. The van der Waals surface area contributed by atoms with Gasteiger partial charge < -0.3 is 49.3 Å². The number of hydrogen-bond acceptors (Lipinski definition) is 14. The number of phosphoric ester groups is 3. The van der Waals surface area contributed by atoms with Gasteiger partial charge in [0.2, 0.25) is 0 Å². The molecule has 0 aromatic carbocycles. The third-order valence-electron chi connectivity index (χ3n) is 8.25. The van der Waals surface area contributed by atoms with Gasteiger partial charge in [0.25, 0.3) is 0 Å². The first-order valence-corrected chi connectivity index (χ1v) is 23.8. The van der Waals surface area contributed by atoms with Gasteiger partial charge in [-0.3, -0.25) is 22.9 Å². The van der Waals surface area contributed by atoms with Gasteiger partial charge in [0.15, 0.2) is 6.10 Å². The van der Waals surface area contributed by atoms with Crippen LogP contribution >= 0.6 is 37.0 Å². The van der Waals surface area contributed by atoms with Crippen LogP contribution in [0.15, 0.2) is 0 Å². The van der Waals surface area contributed by atoms with Gasteiger partial charge in [-0.25, -0.2) is 18.5 Å². The smallest absolute Gasteiger partial charge is 0.456 e. The Morgan fingerprint density at radius 1 is 0.581 bits per heavy atom. The van der Waals surface area contributed by atoms with Gasteiger partial charge in [-0.1, -0.05) is 89.9 Å². The molecule has 0 bridgehead atoms. The summed E-state index contributed by atoms with van der Waals surface area (Å²) in [5.74, 6) is 26.3. The molecule has 0 aromatic rings. The maximum atomic E-state index is 13.0. The zero-order valence-corrected chi connectivity index (χ0v) is 37.9. The standard InChI is InChI=1S/C39H53O19P3.H2S.11H2/c1-3-5-7-9-11-13-15-16-18-20-22-24-26-28-33(41)55-31(29-53-32(40)27-25-23-21-19-17-14-12-10-8-6-4-2)30-54-61(51,52)58-37-34(42)35(43)38(56-59(45,46)47)39(36(37)44)57-60(48,49)50;;;;;;;;;;;;/h31,34-39,42-44H,3,5,7,9,11,13,15-16,18,20,22,24,26,28-30H2,1-2H3,(H,51,52)(H2,45,46,47)(H2,48,49,50);1H2;11*1H/t31-,34+,35?,36?,37?,38-,39+;;;;;;;;;;;;/m1............/s1. The Hall–Kier alpha value is -3.14. The topological polar surface area (TPSA) is 303 Å². The number of carbonyl (C=O) groups is 2. The van der Waals surface area contributed by atoms with E-state index in [2.05, 4.69) is 81.1 Å². The molecule has 368 valence electrons. The lowest BCUT2D eigenvalue weighted by molar-refractivity contribution is -0.213. The Morgan fingerprint density at radius 3 is 1.47 bits per heavy atom. The second-order valence-electron chi connectivity index (χ2n) is 13.3. The second kappa shape index (κ2) is 32.5. The summed E-state index contributed by atoms with van der Waals surface area (Å²) < 4.78 is 64.5. The van der Waals surface area contributed by atoms with E-state index in [-0.39, 0.29) is 35.6 Å². The molecule has 8 N–H and O–H groups in total. The number of rotatable bonds is 26. The first kappa shape index (κ1) is 58.9. The Morgan fingerprint density at radius 2 is 1.00 bits per heavy atom. The molecule has 0 amide bonds. The minimum Gasteiger partial charge on any atom is -0.456 e. The third-order valence-corrected chi connectivity index (χ3v) is 10.3. The number of ether oxygens (including phenoxy) is 2. The lowest BCUT2D eigenvalue weighted by Gasteiger charge is -2.44. The van der Waals surface area contributed by atoms with Crippen molar-refractivity contribution in [1.82, 2.24) is 0 Å². The van der Waals surface area contributed by atoms with Crippen molar-refractivity contribution in [2.24, 2.45) is 0 Å². The van der Waals surface area contributed by atoms with Crippen LogP contribution in [-0.2, 0) is 50.9 Å². The molecule has 1 saturated carbocycles. The summed E-state index contributed by atoms with van der Waals surface area (Å²) >= 11 is 0. The van der Waals surface area contributed by atoms with Gasteiger partial charge in [-0.2, -0.15) is 13.5 Å². The van der Waals surface area contributed by atoms with Crippen LogP contribution in [0.3, 0.4) is 0 Å². The SMILES string of the molecule is CC#CC#CC#CC#CC#CC#CC(=O)OC[C@H](COP(=O)(O)OC1C(O)[C@H](OP(=O)(O)O)[C@H](OP(=O)(O)O)C(O)[C@@H]1O)OC(=O)CCCCCCCCCCCCCCC.S.[HH].[HH].[HH].[HH].[HH].[HH].[HH].[HH].[HH].[HH].[HH]. The quantitative estimate of drug-likeness (QED) is 0.0178. The van der Waals surface area contributed by atoms with Crippen LogP contribution in [0.2, 0.25) is 0 Å². The average Bonchev–Trinajstić information content (AvgIpc) is 3.18. The van der Waals surface area contributed by atoms with Crippen molar-refractivity contribution >= 4 is 48.9 Å². The fourth-order valence-electron chi connectivity index (χ4n) is 5.46.